The Hall–Kier alpha value is -1.32. The summed E-state index contributed by atoms with van der Waals surface area (Å²) < 4.78 is 0. The van der Waals surface area contributed by atoms with Crippen molar-refractivity contribution in [3.05, 3.63) is 11.8 Å². The maximum atomic E-state index is 13.0. The second-order valence-corrected chi connectivity index (χ2v) is 11.1. The van der Waals surface area contributed by atoms with Crippen LogP contribution in [0.3, 0.4) is 0 Å². The monoisotopic (exact) mass is 372 g/mol. The zero-order valence-corrected chi connectivity index (χ0v) is 17.7. The normalized spacial score (nSPS) is 43.7. The van der Waals surface area contributed by atoms with Gasteiger partial charge in [-0.2, -0.15) is 0 Å². The fraction of sp³-hybridized carbons (Fsp3) is 0.826. The van der Waals surface area contributed by atoms with E-state index in [1.54, 1.807) is 0 Å². The third-order valence-corrected chi connectivity index (χ3v) is 8.43. The molecule has 1 aliphatic heterocycles. The van der Waals surface area contributed by atoms with Crippen LogP contribution in [0.5, 0.6) is 0 Å². The highest BCUT2D eigenvalue weighted by atomic mass is 16.2. The molecule has 0 aromatic carbocycles. The van der Waals surface area contributed by atoms with E-state index in [4.69, 9.17) is 0 Å². The summed E-state index contributed by atoms with van der Waals surface area (Å²) in [6, 6.07) is 0. The molecule has 150 valence electrons. The number of allylic oxidation sites excluding steroid dienone is 2. The highest BCUT2D eigenvalue weighted by Gasteiger charge is 2.60. The third-order valence-electron chi connectivity index (χ3n) is 8.43. The van der Waals surface area contributed by atoms with Crippen LogP contribution in [0.2, 0.25) is 0 Å². The van der Waals surface area contributed by atoms with Gasteiger partial charge in [-0.3, -0.25) is 9.59 Å². The summed E-state index contributed by atoms with van der Waals surface area (Å²) >= 11 is 0. The van der Waals surface area contributed by atoms with E-state index in [0.717, 1.165) is 25.7 Å². The van der Waals surface area contributed by atoms with Crippen molar-refractivity contribution >= 4 is 11.8 Å². The summed E-state index contributed by atoms with van der Waals surface area (Å²) in [5, 5.41) is 6.42. The van der Waals surface area contributed by atoms with Gasteiger partial charge in [0.05, 0.1) is 0 Å². The fourth-order valence-electron chi connectivity index (χ4n) is 7.08. The molecule has 1 saturated heterocycles. The Morgan fingerprint density at radius 2 is 1.89 bits per heavy atom. The van der Waals surface area contributed by atoms with Gasteiger partial charge in [-0.1, -0.05) is 19.9 Å². The smallest absolute Gasteiger partial charge is 0.224 e. The van der Waals surface area contributed by atoms with Crippen LogP contribution in [-0.4, -0.2) is 17.4 Å². The highest BCUT2D eigenvalue weighted by molar-refractivity contribution is 5.81. The predicted octanol–water partition coefficient (Wildman–Crippen LogP) is 4.16. The molecule has 0 spiro atoms. The SMILES string of the molecule is CC(C)(C)NC(=O)[C@H]1CCC2C3CC=C4NC(=O)CCC4(C)C3CCC21C. The topological polar surface area (TPSA) is 58.2 Å². The minimum absolute atomic E-state index is 0.115. The summed E-state index contributed by atoms with van der Waals surface area (Å²) in [4.78, 5) is 24.9. The van der Waals surface area contributed by atoms with E-state index in [1.807, 2.05) is 0 Å². The maximum absolute atomic E-state index is 13.0. The summed E-state index contributed by atoms with van der Waals surface area (Å²) in [6.07, 6.45) is 9.51. The molecule has 0 aromatic rings. The standard InChI is InChI=1S/C23H36N2O2/c1-21(2,3)25-20(27)17-8-7-15-14-6-9-18-23(5,13-11-19(26)24-18)16(14)10-12-22(15,17)4/h9,14-17H,6-8,10-13H2,1-5H3,(H,24,26)(H,25,27)/t14?,15?,16?,17-,22?,23?/m1/s1. The average Bonchev–Trinajstić information content (AvgIpc) is 2.91. The Morgan fingerprint density at radius 3 is 2.59 bits per heavy atom. The maximum Gasteiger partial charge on any atom is 0.224 e. The first-order valence-corrected chi connectivity index (χ1v) is 10.9. The Kier molecular flexibility index (Phi) is 4.29. The number of amides is 2. The number of nitrogens with one attached hydrogen (secondary N) is 2. The zero-order valence-electron chi connectivity index (χ0n) is 17.7. The van der Waals surface area contributed by atoms with Crippen LogP contribution in [0.4, 0.5) is 0 Å². The first kappa shape index (κ1) is 19.0. The van der Waals surface area contributed by atoms with Gasteiger partial charge in [0.1, 0.15) is 0 Å². The van der Waals surface area contributed by atoms with Gasteiger partial charge in [0.25, 0.3) is 0 Å². The minimum Gasteiger partial charge on any atom is -0.351 e. The molecule has 3 aliphatic carbocycles. The molecule has 4 rings (SSSR count). The van der Waals surface area contributed by atoms with Crippen LogP contribution in [0.15, 0.2) is 11.8 Å². The molecule has 2 N–H and O–H groups in total. The molecule has 4 aliphatic rings. The lowest BCUT2D eigenvalue weighted by Gasteiger charge is -2.57. The second kappa shape index (κ2) is 6.09. The van der Waals surface area contributed by atoms with E-state index in [1.165, 1.54) is 18.5 Å². The number of hydrogen-bond acceptors (Lipinski definition) is 2. The Balaban J connectivity index is 1.59. The first-order chi connectivity index (χ1) is 12.5. The van der Waals surface area contributed by atoms with E-state index >= 15 is 0 Å². The number of rotatable bonds is 1. The van der Waals surface area contributed by atoms with Gasteiger partial charge in [0.15, 0.2) is 0 Å². The molecule has 5 unspecified atom stereocenters. The van der Waals surface area contributed by atoms with Crippen LogP contribution in [0, 0.1) is 34.5 Å². The van der Waals surface area contributed by atoms with Gasteiger partial charge in [-0.25, -0.2) is 0 Å². The molecule has 0 radical (unpaired) electrons. The summed E-state index contributed by atoms with van der Waals surface area (Å²) in [5.74, 6) is 2.50. The molecular weight excluding hydrogens is 336 g/mol. The fourth-order valence-corrected chi connectivity index (χ4v) is 7.08. The van der Waals surface area contributed by atoms with Crippen molar-refractivity contribution in [2.24, 2.45) is 34.5 Å². The molecule has 4 heteroatoms. The zero-order chi connectivity index (χ0) is 19.6. The number of hydrogen-bond donors (Lipinski definition) is 2. The number of fused-ring (bicyclic) bond motifs is 5. The molecule has 27 heavy (non-hydrogen) atoms. The minimum atomic E-state index is -0.168. The third kappa shape index (κ3) is 2.94. The summed E-state index contributed by atoms with van der Waals surface area (Å²) in [7, 11) is 0. The van der Waals surface area contributed by atoms with Crippen molar-refractivity contribution in [3.63, 3.8) is 0 Å². The number of carbonyl (C=O) groups excluding carboxylic acids is 2. The van der Waals surface area contributed by atoms with Gasteiger partial charge in [-0.05, 0) is 82.5 Å². The lowest BCUT2D eigenvalue weighted by atomic mass is 9.49. The number of carbonyl (C=O) groups is 2. The van der Waals surface area contributed by atoms with Crippen LogP contribution < -0.4 is 10.6 Å². The Labute approximate surface area is 163 Å². The Morgan fingerprint density at radius 1 is 1.15 bits per heavy atom. The molecular formula is C23H36N2O2. The van der Waals surface area contributed by atoms with Gasteiger partial charge in [0.2, 0.25) is 11.8 Å². The summed E-state index contributed by atoms with van der Waals surface area (Å²) in [6.45, 7) is 11.0. The molecule has 4 nitrogen and oxygen atoms in total. The Bertz CT molecular complexity index is 691. The molecule has 0 bridgehead atoms. The predicted molar refractivity (Wildman–Crippen MR) is 107 cm³/mol. The van der Waals surface area contributed by atoms with Crippen molar-refractivity contribution in [3.8, 4) is 0 Å². The quantitative estimate of drug-likeness (QED) is 0.726. The van der Waals surface area contributed by atoms with E-state index < -0.39 is 0 Å². The first-order valence-electron chi connectivity index (χ1n) is 10.9. The van der Waals surface area contributed by atoms with Crippen LogP contribution in [-0.2, 0) is 9.59 Å². The van der Waals surface area contributed by atoms with Crippen molar-refractivity contribution in [1.82, 2.24) is 10.6 Å². The molecule has 1 heterocycles. The average molecular weight is 373 g/mol. The molecule has 2 amide bonds. The van der Waals surface area contributed by atoms with Crippen molar-refractivity contribution in [1.29, 1.82) is 0 Å². The largest absolute Gasteiger partial charge is 0.351 e. The lowest BCUT2D eigenvalue weighted by molar-refractivity contribution is -0.134. The summed E-state index contributed by atoms with van der Waals surface area (Å²) in [5.41, 5.74) is 1.25. The molecule has 2 saturated carbocycles. The van der Waals surface area contributed by atoms with Crippen LogP contribution in [0.25, 0.3) is 0 Å². The van der Waals surface area contributed by atoms with Gasteiger partial charge in [-0.15, -0.1) is 0 Å². The van der Waals surface area contributed by atoms with Crippen molar-refractivity contribution < 1.29 is 9.59 Å². The van der Waals surface area contributed by atoms with Crippen molar-refractivity contribution in [2.75, 3.05) is 0 Å². The van der Waals surface area contributed by atoms with Gasteiger partial charge < -0.3 is 10.6 Å². The van der Waals surface area contributed by atoms with E-state index in [0.29, 0.717) is 24.2 Å². The molecule has 3 fully saturated rings. The van der Waals surface area contributed by atoms with Crippen LogP contribution in [0.1, 0.15) is 79.6 Å². The van der Waals surface area contributed by atoms with E-state index in [-0.39, 0.29) is 34.1 Å². The van der Waals surface area contributed by atoms with Crippen LogP contribution >= 0.6 is 0 Å². The highest BCUT2D eigenvalue weighted by Crippen LogP contribution is 2.65. The van der Waals surface area contributed by atoms with E-state index in [2.05, 4.69) is 51.3 Å². The second-order valence-electron chi connectivity index (χ2n) is 11.1. The van der Waals surface area contributed by atoms with E-state index in [9.17, 15) is 9.59 Å². The van der Waals surface area contributed by atoms with Gasteiger partial charge >= 0.3 is 0 Å². The molecule has 0 aromatic heterocycles. The lowest BCUT2D eigenvalue weighted by Crippen LogP contribution is -2.54. The van der Waals surface area contributed by atoms with Crippen molar-refractivity contribution in [2.45, 2.75) is 85.1 Å². The van der Waals surface area contributed by atoms with Gasteiger partial charge in [0, 0.05) is 29.0 Å². The molecule has 6 atom stereocenters. The number of piperidine rings is 1.